The van der Waals surface area contributed by atoms with E-state index in [9.17, 15) is 21.4 Å². The van der Waals surface area contributed by atoms with Crippen LogP contribution in [0, 0.1) is 0 Å². The molecule has 3 heterocycles. The first kappa shape index (κ1) is 59.9. The van der Waals surface area contributed by atoms with E-state index in [1.165, 1.54) is 53.6 Å². The molecule has 21 nitrogen and oxygen atoms in total. The number of nitrogens with one attached hydrogen (secondary N) is 2. The Bertz CT molecular complexity index is 3020. The Morgan fingerprint density at radius 3 is 1.89 bits per heavy atom. The van der Waals surface area contributed by atoms with E-state index in [1.807, 2.05) is 65.0 Å². The van der Waals surface area contributed by atoms with Gasteiger partial charge in [0.2, 0.25) is 11.9 Å². The van der Waals surface area contributed by atoms with Crippen molar-refractivity contribution in [1.29, 1.82) is 0 Å². The fourth-order valence-corrected chi connectivity index (χ4v) is 8.90. The highest BCUT2D eigenvalue weighted by Crippen LogP contribution is 2.30. The fraction of sp³-hybridized carbons (Fsp3) is 0.326. The van der Waals surface area contributed by atoms with Gasteiger partial charge in [-0.05, 0) is 115 Å². The molecular weight excluding hydrogens is 1020 g/mol. The topological polar surface area (TPSA) is 334 Å². The van der Waals surface area contributed by atoms with Crippen molar-refractivity contribution in [3.63, 3.8) is 0 Å². The summed E-state index contributed by atoms with van der Waals surface area (Å²) in [7, 11) is -8.54. The molecule has 0 aliphatic heterocycles. The van der Waals surface area contributed by atoms with Crippen molar-refractivity contribution in [2.75, 3.05) is 58.9 Å². The molecule has 12 N–H and O–H groups in total. The lowest BCUT2D eigenvalue weighted by molar-refractivity contribution is 0.383. The Morgan fingerprint density at radius 2 is 1.35 bits per heavy atom. The molecule has 0 saturated carbocycles. The lowest BCUT2D eigenvalue weighted by Crippen LogP contribution is -2.22. The van der Waals surface area contributed by atoms with Crippen LogP contribution >= 0.6 is 34.8 Å². The third kappa shape index (κ3) is 18.6. The first-order chi connectivity index (χ1) is 34.1. The Hall–Kier alpha value is -6.42. The molecule has 0 aliphatic carbocycles. The van der Waals surface area contributed by atoms with Gasteiger partial charge in [0.1, 0.15) is 0 Å². The summed E-state index contributed by atoms with van der Waals surface area (Å²) in [6.07, 6.45) is 3.92. The number of hydrogen-bond acceptors (Lipinski definition) is 22. The number of hydrogen-bond donors (Lipinski definition) is 8. The molecule has 26 heteroatoms. The van der Waals surface area contributed by atoms with E-state index >= 15 is 0 Å². The molecule has 3 aromatic carbocycles. The second-order valence-electron chi connectivity index (χ2n) is 14.8. The number of aromatic nitrogens is 7. The second kappa shape index (κ2) is 28.6. The van der Waals surface area contributed by atoms with Crippen LogP contribution in [0.25, 0.3) is 17.0 Å². The molecule has 6 rings (SSSR count). The molecule has 0 amide bonds. The Labute approximate surface area is 435 Å². The van der Waals surface area contributed by atoms with Crippen molar-refractivity contribution in [2.24, 2.45) is 5.73 Å². The van der Waals surface area contributed by atoms with Crippen LogP contribution in [0.2, 0.25) is 0 Å². The average molecular weight is 1080 g/mol. The van der Waals surface area contributed by atoms with E-state index in [0.717, 1.165) is 60.5 Å². The van der Waals surface area contributed by atoms with Gasteiger partial charge in [0.15, 0.2) is 27.1 Å². The number of anilines is 7. The highest BCUT2D eigenvalue weighted by molar-refractivity contribution is 7.98. The molecular formula is C46H65N15O6S5. The van der Waals surface area contributed by atoms with Gasteiger partial charge < -0.3 is 43.4 Å². The summed E-state index contributed by atoms with van der Waals surface area (Å²) in [4.78, 5) is 25.8. The zero-order chi connectivity index (χ0) is 53.8. The minimum atomic E-state index is -4.33. The molecule has 0 bridgehead atoms. The van der Waals surface area contributed by atoms with Gasteiger partial charge in [0.25, 0.3) is 20.2 Å². The van der Waals surface area contributed by atoms with Gasteiger partial charge >= 0.3 is 0 Å². The van der Waals surface area contributed by atoms with Crippen molar-refractivity contribution >= 4 is 99.9 Å². The zero-order valence-corrected chi connectivity index (χ0v) is 46.0. The number of allylic oxidation sites excluding steroid dienone is 5. The highest BCUT2D eigenvalue weighted by Gasteiger charge is 2.16. The summed E-state index contributed by atoms with van der Waals surface area (Å²) in [5.41, 5.74) is 30.0. The lowest BCUT2D eigenvalue weighted by Gasteiger charge is -2.23. The monoisotopic (exact) mass is 1080 g/mol. The Kier molecular flexibility index (Phi) is 23.8. The molecule has 0 fully saturated rings. The van der Waals surface area contributed by atoms with Gasteiger partial charge in [-0.15, -0.1) is 0 Å². The van der Waals surface area contributed by atoms with Gasteiger partial charge in [-0.25, -0.2) is 0 Å². The zero-order valence-electron chi connectivity index (χ0n) is 41.9. The van der Waals surface area contributed by atoms with E-state index in [2.05, 4.69) is 81.8 Å². The van der Waals surface area contributed by atoms with Crippen molar-refractivity contribution in [3.8, 4) is 11.4 Å². The smallest absolute Gasteiger partial charge is 0.294 e. The Balaban J connectivity index is 0.000000393. The molecule has 72 heavy (non-hydrogen) atoms. The molecule has 0 saturated heterocycles. The number of nitrogen functional groups attached to an aromatic ring is 3. The minimum absolute atomic E-state index is 0.178. The van der Waals surface area contributed by atoms with Gasteiger partial charge in [-0.2, -0.15) is 50.5 Å². The van der Waals surface area contributed by atoms with Crippen molar-refractivity contribution < 1.29 is 25.9 Å². The number of nitrogens with two attached hydrogens (primary N) is 4. The second-order valence-corrected chi connectivity index (χ2v) is 20.2. The number of rotatable bonds is 18. The average Bonchev–Trinajstić information content (AvgIpc) is 4.00. The van der Waals surface area contributed by atoms with Crippen LogP contribution in [0.5, 0.6) is 0 Å². The maximum absolute atomic E-state index is 11.6. The van der Waals surface area contributed by atoms with Crippen LogP contribution in [0.3, 0.4) is 0 Å². The third-order valence-electron chi connectivity index (χ3n) is 9.94. The molecule has 0 unspecified atom stereocenters. The minimum Gasteiger partial charge on any atom is -0.401 e. The van der Waals surface area contributed by atoms with Gasteiger partial charge in [0.05, 0.1) is 26.9 Å². The van der Waals surface area contributed by atoms with Crippen LogP contribution in [-0.2, 0) is 26.0 Å². The van der Waals surface area contributed by atoms with Crippen LogP contribution in [0.15, 0.2) is 111 Å². The summed E-state index contributed by atoms with van der Waals surface area (Å²) in [5, 5.41) is 7.70. The first-order valence-electron chi connectivity index (χ1n) is 22.5. The third-order valence-corrected chi connectivity index (χ3v) is 13.6. The molecule has 6 aromatic rings. The van der Waals surface area contributed by atoms with Gasteiger partial charge in [-0.1, -0.05) is 56.0 Å². The summed E-state index contributed by atoms with van der Waals surface area (Å²) in [6.45, 7) is 23.5. The predicted octanol–water partition coefficient (Wildman–Crippen LogP) is 9.03. The van der Waals surface area contributed by atoms with E-state index < -0.39 is 20.2 Å². The molecule has 0 atom stereocenters. The van der Waals surface area contributed by atoms with Crippen LogP contribution in [0.1, 0.15) is 80.6 Å². The van der Waals surface area contributed by atoms with Crippen LogP contribution < -0.4 is 38.5 Å². The van der Waals surface area contributed by atoms with E-state index in [1.54, 1.807) is 25.1 Å². The summed E-state index contributed by atoms with van der Waals surface area (Å²) < 4.78 is 71.4. The summed E-state index contributed by atoms with van der Waals surface area (Å²) in [6, 6.07) is 17.6. The molecule has 390 valence electrons. The number of nitrogens with zero attached hydrogens (tertiary/aromatic N) is 9. The first-order valence-corrected chi connectivity index (χ1v) is 27.9. The molecule has 0 spiro atoms. The van der Waals surface area contributed by atoms with Crippen molar-refractivity contribution in [2.45, 2.75) is 89.9 Å². The van der Waals surface area contributed by atoms with Crippen LogP contribution in [-0.4, -0.2) is 90.7 Å². The number of benzene rings is 3. The maximum Gasteiger partial charge on any atom is 0.294 e. The lowest BCUT2D eigenvalue weighted by atomic mass is 10.2. The highest BCUT2D eigenvalue weighted by atomic mass is 32.2. The standard InChI is InChI=1S/C30H43N9O3S2.C8H7N3O3S2.C6H9N3S.C2H6/c1-7-38(8-2)20(5)16-26(21(6)31)33-28-35-29(34-27-18-23(14-15-25(27)32)39(9-3)10-4)37-30(36-28)43-19-22-12-11-13-24(17-22)44(40,41)42;9-8-10-7(11-15-8)5-2-1-3-6(4-5)16(12,13)14;1-3-4(2)5-8-6(7)10-9-5;1-2/h11-18H,7-10,19,31-32H2,1-6H3,(H,40,41,42)(H2,33,34,35,36,37);1-4H,(H2,9,10,11)(H,12,13,14);3H,1-2H3,(H2,7,8,9);1-2H3/b20-16+,26-21-;;4-3+;. The van der Waals surface area contributed by atoms with Crippen molar-refractivity contribution in [3.05, 3.63) is 107 Å². The van der Waals surface area contributed by atoms with E-state index in [-0.39, 0.29) is 21.7 Å². The quantitative estimate of drug-likeness (QED) is 0.0172. The fourth-order valence-electron chi connectivity index (χ4n) is 6.10. The largest absolute Gasteiger partial charge is 0.401 e. The van der Waals surface area contributed by atoms with Crippen LogP contribution in [0.4, 0.5) is 39.2 Å². The predicted molar refractivity (Wildman–Crippen MR) is 295 cm³/mol. The Morgan fingerprint density at radius 1 is 0.750 bits per heavy atom. The van der Waals surface area contributed by atoms with Gasteiger partial charge in [-0.3, -0.25) is 9.11 Å². The van der Waals surface area contributed by atoms with Crippen molar-refractivity contribution in [1.82, 2.24) is 38.6 Å². The summed E-state index contributed by atoms with van der Waals surface area (Å²) >= 11 is 3.52. The van der Waals surface area contributed by atoms with E-state index in [4.69, 9.17) is 27.5 Å². The SMILES string of the molecule is C/C=C(\C)c1nsc(N)n1.CC.CCN(CC)/C(C)=C/C(Nc1nc(Nc2cc(N(CC)CC)ccc2N)nc(SCc2cccc(S(=O)(=O)O)c2)n1)=C(\C)N.Nc1nc(-c2cccc(S(=O)(=O)O)c2)ns1. The van der Waals surface area contributed by atoms with Gasteiger partial charge in [0, 0.05) is 77.6 Å². The maximum atomic E-state index is 11.6. The number of thioether (sulfide) groups is 1. The summed E-state index contributed by atoms with van der Waals surface area (Å²) in [5.74, 6) is 1.95. The molecule has 0 radical (unpaired) electrons. The van der Waals surface area contributed by atoms with E-state index in [0.29, 0.717) is 60.9 Å². The molecule has 0 aliphatic rings. The molecule has 3 aromatic heterocycles. The normalized spacial score (nSPS) is 11.9.